The van der Waals surface area contributed by atoms with Crippen LogP contribution in [0.15, 0.2) is 53.4 Å². The molecule has 0 spiro atoms. The van der Waals surface area contributed by atoms with Gasteiger partial charge < -0.3 is 34.1 Å². The van der Waals surface area contributed by atoms with E-state index < -0.39 is 40.9 Å². The molecule has 2 aromatic carbocycles. The molecule has 4 aliphatic rings. The van der Waals surface area contributed by atoms with Crippen LogP contribution in [0.2, 0.25) is 0 Å². The summed E-state index contributed by atoms with van der Waals surface area (Å²) in [6.45, 7) is 1.04. The molecule has 1 saturated carbocycles. The lowest BCUT2D eigenvalue weighted by Crippen LogP contribution is -2.51. The van der Waals surface area contributed by atoms with Crippen molar-refractivity contribution in [1.82, 2.24) is 9.79 Å². The monoisotopic (exact) mass is 618 g/mol. The number of aliphatic hydroxyl groups excluding tert-OH is 1. The molecule has 0 aromatic heterocycles. The number of hydrogen-bond acceptors (Lipinski definition) is 10. The molecule has 1 aliphatic carbocycles. The first-order valence-electron chi connectivity index (χ1n) is 14.9. The molecule has 2 aromatic rings. The Morgan fingerprint density at radius 1 is 1.00 bits per heavy atom. The van der Waals surface area contributed by atoms with E-state index in [2.05, 4.69) is 5.32 Å². The minimum Gasteiger partial charge on any atom is -0.486 e. The van der Waals surface area contributed by atoms with Crippen molar-refractivity contribution >= 4 is 16.1 Å². The molecule has 1 amide bonds. The van der Waals surface area contributed by atoms with Crippen LogP contribution in [0.25, 0.3) is 0 Å². The van der Waals surface area contributed by atoms with Crippen molar-refractivity contribution in [2.24, 2.45) is 5.92 Å². The summed E-state index contributed by atoms with van der Waals surface area (Å²) in [5.74, 6) is 0.739. The second kappa shape index (κ2) is 13.4. The van der Waals surface area contributed by atoms with Gasteiger partial charge in [0.25, 0.3) is 10.0 Å². The second-order valence-electron chi connectivity index (χ2n) is 11.3. The fraction of sp³-hybridized carbons (Fsp3) is 0.567. The third-order valence-electron chi connectivity index (χ3n) is 8.29. The Labute approximate surface area is 251 Å². The number of amides is 1. The Morgan fingerprint density at radius 2 is 1.77 bits per heavy atom. The van der Waals surface area contributed by atoms with Gasteiger partial charge in [-0.3, -0.25) is 4.84 Å². The molecule has 0 unspecified atom stereocenters. The molecule has 3 aliphatic heterocycles. The molecule has 3 fully saturated rings. The minimum absolute atomic E-state index is 0.0466. The van der Waals surface area contributed by atoms with E-state index in [9.17, 15) is 18.3 Å². The Kier molecular flexibility index (Phi) is 9.36. The number of alkyl carbamates (subject to hydrolysis) is 1. The molecule has 2 saturated heterocycles. The number of nitrogens with one attached hydrogen (secondary N) is 1. The van der Waals surface area contributed by atoms with Crippen LogP contribution >= 0.6 is 0 Å². The van der Waals surface area contributed by atoms with Gasteiger partial charge in [0.2, 0.25) is 0 Å². The molecule has 5 atom stereocenters. The zero-order chi connectivity index (χ0) is 29.8. The van der Waals surface area contributed by atoms with E-state index >= 15 is 0 Å². The van der Waals surface area contributed by atoms with Crippen molar-refractivity contribution in [3.05, 3.63) is 54.1 Å². The highest BCUT2D eigenvalue weighted by atomic mass is 32.2. The SMILES string of the molecule is O=C(N[C@@H](Cc1ccccc1)[C@@H](O)CN(OC1CCCC1)S(=O)(=O)c1ccc2c(c1)OCCO2)O[C@H]1CO[C@H]2OCC[C@H]21. The van der Waals surface area contributed by atoms with E-state index in [1.165, 1.54) is 12.1 Å². The Hall–Kier alpha value is -2.94. The Balaban J connectivity index is 1.21. The van der Waals surface area contributed by atoms with Gasteiger partial charge >= 0.3 is 6.09 Å². The van der Waals surface area contributed by atoms with E-state index in [4.69, 9.17) is 28.5 Å². The first kappa shape index (κ1) is 30.1. The first-order valence-corrected chi connectivity index (χ1v) is 16.3. The second-order valence-corrected chi connectivity index (χ2v) is 13.1. The molecule has 234 valence electrons. The highest BCUT2D eigenvalue weighted by Gasteiger charge is 2.44. The van der Waals surface area contributed by atoms with Crippen LogP contribution in [0.4, 0.5) is 4.79 Å². The molecule has 2 N–H and O–H groups in total. The highest BCUT2D eigenvalue weighted by molar-refractivity contribution is 7.89. The van der Waals surface area contributed by atoms with E-state index in [1.807, 2.05) is 30.3 Å². The number of rotatable bonds is 11. The maximum atomic E-state index is 13.9. The molecule has 3 heterocycles. The number of fused-ring (bicyclic) bond motifs is 2. The lowest BCUT2D eigenvalue weighted by molar-refractivity contribution is -0.145. The summed E-state index contributed by atoms with van der Waals surface area (Å²) in [6.07, 6.45) is 0.984. The van der Waals surface area contributed by atoms with Gasteiger partial charge in [0.05, 0.1) is 48.8 Å². The summed E-state index contributed by atoms with van der Waals surface area (Å²) in [4.78, 5) is 19.1. The van der Waals surface area contributed by atoms with Gasteiger partial charge in [-0.25, -0.2) is 13.2 Å². The molecule has 13 heteroatoms. The molecular formula is C30H38N2O10S. The van der Waals surface area contributed by atoms with Crippen LogP contribution in [-0.4, -0.2) is 87.7 Å². The Bertz CT molecular complexity index is 1350. The standard InChI is InChI=1S/C30H38N2O10S/c33-25(24(16-20-6-2-1-3-7-20)31-30(34)41-28-19-40-29-23(28)12-13-39-29)18-32(42-21-8-4-5-9-21)43(35,36)22-10-11-26-27(17-22)38-15-14-37-26/h1-3,6-7,10-11,17,21,23-25,28-29,33H,4-5,8-9,12-16,18-19H2,(H,31,34)/t23-,24-,25-,28-,29+/m0/s1. The van der Waals surface area contributed by atoms with Gasteiger partial charge in [-0.05, 0) is 43.4 Å². The molecule has 43 heavy (non-hydrogen) atoms. The lowest BCUT2D eigenvalue weighted by Gasteiger charge is -2.31. The van der Waals surface area contributed by atoms with Crippen molar-refractivity contribution in [2.75, 3.05) is 33.0 Å². The number of hydroxylamine groups is 1. The topological polar surface area (TPSA) is 142 Å². The Morgan fingerprint density at radius 3 is 2.56 bits per heavy atom. The molecule has 12 nitrogen and oxygen atoms in total. The predicted molar refractivity (Wildman–Crippen MR) is 152 cm³/mol. The summed E-state index contributed by atoms with van der Waals surface area (Å²) >= 11 is 0. The summed E-state index contributed by atoms with van der Waals surface area (Å²) < 4.78 is 56.7. The predicted octanol–water partition coefficient (Wildman–Crippen LogP) is 2.78. The number of nitrogens with zero attached hydrogens (tertiary/aromatic N) is 1. The van der Waals surface area contributed by atoms with Crippen LogP contribution in [-0.2, 0) is 35.5 Å². The van der Waals surface area contributed by atoms with Crippen LogP contribution in [0.5, 0.6) is 11.5 Å². The molecule has 6 rings (SSSR count). The van der Waals surface area contributed by atoms with E-state index in [1.54, 1.807) is 6.07 Å². The fourth-order valence-electron chi connectivity index (χ4n) is 5.96. The lowest BCUT2D eigenvalue weighted by atomic mass is 10.0. The van der Waals surface area contributed by atoms with Crippen LogP contribution in [0.1, 0.15) is 37.7 Å². The summed E-state index contributed by atoms with van der Waals surface area (Å²) in [7, 11) is -4.24. The summed E-state index contributed by atoms with van der Waals surface area (Å²) in [5.41, 5.74) is 0.846. The fourth-order valence-corrected chi connectivity index (χ4v) is 7.28. The van der Waals surface area contributed by atoms with Crippen molar-refractivity contribution < 1.29 is 46.8 Å². The average molecular weight is 619 g/mol. The van der Waals surface area contributed by atoms with Crippen molar-refractivity contribution in [3.63, 3.8) is 0 Å². The maximum absolute atomic E-state index is 13.9. The van der Waals surface area contributed by atoms with Gasteiger partial charge in [0, 0.05) is 6.07 Å². The van der Waals surface area contributed by atoms with E-state index in [0.29, 0.717) is 44.2 Å². The van der Waals surface area contributed by atoms with Crippen molar-refractivity contribution in [3.8, 4) is 11.5 Å². The number of benzene rings is 2. The van der Waals surface area contributed by atoms with Gasteiger partial charge in [-0.2, -0.15) is 0 Å². The molecule has 0 radical (unpaired) electrons. The number of ether oxygens (including phenoxy) is 5. The first-order chi connectivity index (χ1) is 20.9. The largest absolute Gasteiger partial charge is 0.486 e. The average Bonchev–Trinajstić information content (AvgIpc) is 3.78. The zero-order valence-corrected chi connectivity index (χ0v) is 24.7. The zero-order valence-electron chi connectivity index (χ0n) is 23.8. The number of carbonyl (C=O) groups is 1. The van der Waals surface area contributed by atoms with Crippen LogP contribution < -0.4 is 14.8 Å². The highest BCUT2D eigenvalue weighted by Crippen LogP contribution is 2.35. The third kappa shape index (κ3) is 7.08. The quantitative estimate of drug-likeness (QED) is 0.361. The molecule has 0 bridgehead atoms. The van der Waals surface area contributed by atoms with Crippen molar-refractivity contribution in [1.29, 1.82) is 0 Å². The summed E-state index contributed by atoms with van der Waals surface area (Å²) in [6, 6.07) is 12.8. The van der Waals surface area contributed by atoms with E-state index in [0.717, 1.165) is 29.3 Å². The van der Waals surface area contributed by atoms with Crippen LogP contribution in [0.3, 0.4) is 0 Å². The number of aliphatic hydroxyl groups is 1. The summed E-state index contributed by atoms with van der Waals surface area (Å²) in [5, 5.41) is 14.3. The smallest absolute Gasteiger partial charge is 0.407 e. The number of sulfonamides is 1. The van der Waals surface area contributed by atoms with Gasteiger partial charge in [0.1, 0.15) is 19.3 Å². The minimum atomic E-state index is -4.24. The maximum Gasteiger partial charge on any atom is 0.407 e. The van der Waals surface area contributed by atoms with Gasteiger partial charge in [-0.15, -0.1) is 0 Å². The molecular weight excluding hydrogens is 580 g/mol. The number of carbonyl (C=O) groups excluding carboxylic acids is 1. The number of hydrogen-bond donors (Lipinski definition) is 2. The van der Waals surface area contributed by atoms with Crippen molar-refractivity contribution in [2.45, 2.75) is 74.1 Å². The van der Waals surface area contributed by atoms with Gasteiger partial charge in [-0.1, -0.05) is 47.6 Å². The van der Waals surface area contributed by atoms with E-state index in [-0.39, 0.29) is 36.2 Å². The van der Waals surface area contributed by atoms with Gasteiger partial charge in [0.15, 0.2) is 17.8 Å². The normalized spacial score (nSPS) is 24.9. The third-order valence-corrected chi connectivity index (χ3v) is 9.92. The van der Waals surface area contributed by atoms with Crippen LogP contribution in [0, 0.1) is 5.92 Å².